The molecule has 0 aromatic carbocycles. The van der Waals surface area contributed by atoms with Gasteiger partial charge < -0.3 is 9.80 Å². The Hall–Kier alpha value is -2.21. The molecular weight excluding hydrogens is 312 g/mol. The summed E-state index contributed by atoms with van der Waals surface area (Å²) < 4.78 is 0. The molecule has 0 radical (unpaired) electrons. The van der Waals surface area contributed by atoms with Crippen molar-refractivity contribution in [2.75, 3.05) is 55.6 Å². The fourth-order valence-electron chi connectivity index (χ4n) is 3.62. The Morgan fingerprint density at radius 1 is 0.880 bits per heavy atom. The molecule has 2 aliphatic heterocycles. The minimum Gasteiger partial charge on any atom is -0.356 e. The summed E-state index contributed by atoms with van der Waals surface area (Å²) in [4.78, 5) is 20.7. The summed E-state index contributed by atoms with van der Waals surface area (Å²) in [7, 11) is 0. The van der Waals surface area contributed by atoms with E-state index in [2.05, 4.69) is 30.7 Å². The third-order valence-electron chi connectivity index (χ3n) is 5.15. The molecular formula is C19H26N6. The van der Waals surface area contributed by atoms with Crippen LogP contribution in [-0.4, -0.2) is 65.7 Å². The minimum atomic E-state index is 0.885. The number of piperazine rings is 1. The number of hydrogen-bond donors (Lipinski definition) is 0. The molecule has 132 valence electrons. The number of aromatic nitrogens is 3. The first kappa shape index (κ1) is 16.3. The highest BCUT2D eigenvalue weighted by Crippen LogP contribution is 2.20. The van der Waals surface area contributed by atoms with Crippen molar-refractivity contribution in [3.05, 3.63) is 42.4 Å². The zero-order valence-electron chi connectivity index (χ0n) is 14.7. The molecule has 0 saturated carbocycles. The highest BCUT2D eigenvalue weighted by molar-refractivity contribution is 5.44. The minimum absolute atomic E-state index is 0.885. The van der Waals surface area contributed by atoms with Gasteiger partial charge in [-0.25, -0.2) is 4.98 Å². The lowest BCUT2D eigenvalue weighted by Gasteiger charge is -2.35. The molecule has 6 nitrogen and oxygen atoms in total. The van der Waals surface area contributed by atoms with E-state index in [4.69, 9.17) is 4.98 Å². The SMILES string of the molecule is c1cncc(CCN2CCN(c3nccc(N4CCCC4)n3)CC2)c1. The van der Waals surface area contributed by atoms with Crippen molar-refractivity contribution in [1.29, 1.82) is 0 Å². The first-order chi connectivity index (χ1) is 12.4. The summed E-state index contributed by atoms with van der Waals surface area (Å²) in [6.45, 7) is 7.47. The lowest BCUT2D eigenvalue weighted by molar-refractivity contribution is 0.259. The zero-order chi connectivity index (χ0) is 16.9. The Labute approximate surface area is 149 Å². The Morgan fingerprint density at radius 2 is 1.72 bits per heavy atom. The van der Waals surface area contributed by atoms with Crippen LogP contribution in [0, 0.1) is 0 Å². The third-order valence-corrected chi connectivity index (χ3v) is 5.15. The van der Waals surface area contributed by atoms with Gasteiger partial charge in [-0.3, -0.25) is 9.88 Å². The van der Waals surface area contributed by atoms with E-state index in [0.717, 1.165) is 64.0 Å². The number of pyridine rings is 1. The van der Waals surface area contributed by atoms with Crippen molar-refractivity contribution in [2.24, 2.45) is 0 Å². The molecule has 2 fully saturated rings. The number of nitrogens with zero attached hydrogens (tertiary/aromatic N) is 6. The molecule has 2 saturated heterocycles. The standard InChI is InChI=1S/C19H26N6/c1-2-10-24(9-1)18-5-8-21-19(22-18)25-14-12-23(13-15-25)11-6-17-4-3-7-20-16-17/h3-5,7-8,16H,1-2,6,9-15H2. The maximum absolute atomic E-state index is 4.81. The van der Waals surface area contributed by atoms with Crippen molar-refractivity contribution in [1.82, 2.24) is 19.9 Å². The maximum atomic E-state index is 4.81. The van der Waals surface area contributed by atoms with Gasteiger partial charge in [-0.05, 0) is 37.0 Å². The summed E-state index contributed by atoms with van der Waals surface area (Å²) in [5.41, 5.74) is 1.31. The van der Waals surface area contributed by atoms with Gasteiger partial charge in [0.05, 0.1) is 0 Å². The van der Waals surface area contributed by atoms with Gasteiger partial charge in [0.1, 0.15) is 5.82 Å². The van der Waals surface area contributed by atoms with Crippen molar-refractivity contribution in [3.8, 4) is 0 Å². The zero-order valence-corrected chi connectivity index (χ0v) is 14.7. The number of anilines is 2. The molecule has 0 atom stereocenters. The van der Waals surface area contributed by atoms with E-state index in [0.29, 0.717) is 0 Å². The van der Waals surface area contributed by atoms with Crippen LogP contribution in [0.4, 0.5) is 11.8 Å². The first-order valence-corrected chi connectivity index (χ1v) is 9.33. The molecule has 4 rings (SSSR count). The highest BCUT2D eigenvalue weighted by Gasteiger charge is 2.20. The van der Waals surface area contributed by atoms with Crippen molar-refractivity contribution in [3.63, 3.8) is 0 Å². The van der Waals surface area contributed by atoms with E-state index in [1.54, 1.807) is 0 Å². The summed E-state index contributed by atoms with van der Waals surface area (Å²) in [6.07, 6.45) is 9.32. The average molecular weight is 338 g/mol. The second kappa shape index (κ2) is 7.78. The Bertz CT molecular complexity index is 663. The summed E-state index contributed by atoms with van der Waals surface area (Å²) in [5, 5.41) is 0. The molecule has 0 N–H and O–H groups in total. The molecule has 4 heterocycles. The van der Waals surface area contributed by atoms with Crippen molar-refractivity contribution in [2.45, 2.75) is 19.3 Å². The topological polar surface area (TPSA) is 48.4 Å². The predicted octanol–water partition coefficient (Wildman–Crippen LogP) is 1.84. The molecule has 2 aromatic heterocycles. The van der Waals surface area contributed by atoms with E-state index in [1.807, 2.05) is 30.7 Å². The number of hydrogen-bond acceptors (Lipinski definition) is 6. The summed E-state index contributed by atoms with van der Waals surface area (Å²) in [5.74, 6) is 1.97. The van der Waals surface area contributed by atoms with E-state index in [-0.39, 0.29) is 0 Å². The van der Waals surface area contributed by atoms with E-state index >= 15 is 0 Å². The van der Waals surface area contributed by atoms with Gasteiger partial charge in [-0.15, -0.1) is 0 Å². The predicted molar refractivity (Wildman–Crippen MR) is 100 cm³/mol. The van der Waals surface area contributed by atoms with Gasteiger partial charge in [0.25, 0.3) is 0 Å². The molecule has 25 heavy (non-hydrogen) atoms. The van der Waals surface area contributed by atoms with Crippen LogP contribution in [0.3, 0.4) is 0 Å². The van der Waals surface area contributed by atoms with Crippen LogP contribution in [0.25, 0.3) is 0 Å². The van der Waals surface area contributed by atoms with Crippen molar-refractivity contribution >= 4 is 11.8 Å². The highest BCUT2D eigenvalue weighted by atomic mass is 15.3. The molecule has 6 heteroatoms. The molecule has 2 aromatic rings. The largest absolute Gasteiger partial charge is 0.356 e. The second-order valence-corrected chi connectivity index (χ2v) is 6.85. The van der Waals surface area contributed by atoms with Crippen LogP contribution in [0.2, 0.25) is 0 Å². The van der Waals surface area contributed by atoms with Crippen LogP contribution in [0.15, 0.2) is 36.8 Å². The van der Waals surface area contributed by atoms with Crippen LogP contribution < -0.4 is 9.80 Å². The van der Waals surface area contributed by atoms with Gasteiger partial charge in [0.15, 0.2) is 0 Å². The van der Waals surface area contributed by atoms with Crippen LogP contribution >= 0.6 is 0 Å². The third kappa shape index (κ3) is 4.07. The smallest absolute Gasteiger partial charge is 0.227 e. The van der Waals surface area contributed by atoms with E-state index in [1.165, 1.54) is 18.4 Å². The first-order valence-electron chi connectivity index (χ1n) is 9.33. The second-order valence-electron chi connectivity index (χ2n) is 6.85. The molecule has 0 spiro atoms. The summed E-state index contributed by atoms with van der Waals surface area (Å²) in [6, 6.07) is 6.21. The van der Waals surface area contributed by atoms with Gasteiger partial charge in [0, 0.05) is 64.4 Å². The van der Waals surface area contributed by atoms with Crippen LogP contribution in [0.5, 0.6) is 0 Å². The Morgan fingerprint density at radius 3 is 2.48 bits per heavy atom. The quantitative estimate of drug-likeness (QED) is 0.829. The van der Waals surface area contributed by atoms with Gasteiger partial charge in [-0.2, -0.15) is 4.98 Å². The molecule has 0 amide bonds. The fraction of sp³-hybridized carbons (Fsp3) is 0.526. The van der Waals surface area contributed by atoms with Gasteiger partial charge >= 0.3 is 0 Å². The van der Waals surface area contributed by atoms with E-state index in [9.17, 15) is 0 Å². The lowest BCUT2D eigenvalue weighted by Crippen LogP contribution is -2.47. The normalized spacial score (nSPS) is 18.7. The molecule has 0 bridgehead atoms. The summed E-state index contributed by atoms with van der Waals surface area (Å²) >= 11 is 0. The van der Waals surface area contributed by atoms with Crippen LogP contribution in [-0.2, 0) is 6.42 Å². The maximum Gasteiger partial charge on any atom is 0.227 e. The Balaban J connectivity index is 1.30. The van der Waals surface area contributed by atoms with E-state index < -0.39 is 0 Å². The van der Waals surface area contributed by atoms with Crippen LogP contribution in [0.1, 0.15) is 18.4 Å². The van der Waals surface area contributed by atoms with Gasteiger partial charge in [0.2, 0.25) is 5.95 Å². The van der Waals surface area contributed by atoms with Gasteiger partial charge in [-0.1, -0.05) is 6.07 Å². The molecule has 2 aliphatic rings. The van der Waals surface area contributed by atoms with Crippen molar-refractivity contribution < 1.29 is 0 Å². The average Bonchev–Trinajstić information content (AvgIpc) is 3.23. The molecule has 0 aliphatic carbocycles. The monoisotopic (exact) mass is 338 g/mol. The molecule has 0 unspecified atom stereocenters. The lowest BCUT2D eigenvalue weighted by atomic mass is 10.2. The fourth-order valence-corrected chi connectivity index (χ4v) is 3.62. The Kier molecular flexibility index (Phi) is 5.06. The number of rotatable bonds is 5.